The summed E-state index contributed by atoms with van der Waals surface area (Å²) in [6, 6.07) is 9.82. The maximum atomic E-state index is 10.9. The largest absolute Gasteiger partial charge is 0.385 e. The van der Waals surface area contributed by atoms with Crippen LogP contribution in [0.25, 0.3) is 0 Å². The zero-order valence-electron chi connectivity index (χ0n) is 10.1. The molecule has 2 unspecified atom stereocenters. The van der Waals surface area contributed by atoms with Crippen molar-refractivity contribution in [1.82, 2.24) is 5.32 Å². The highest BCUT2D eigenvalue weighted by Crippen LogP contribution is 2.36. The lowest BCUT2D eigenvalue weighted by atomic mass is 9.78. The second kappa shape index (κ2) is 4.36. The van der Waals surface area contributed by atoms with Crippen LogP contribution in [0.4, 0.5) is 0 Å². The first-order valence-electron chi connectivity index (χ1n) is 6.26. The van der Waals surface area contributed by atoms with Gasteiger partial charge < -0.3 is 15.2 Å². The predicted molar refractivity (Wildman–Crippen MR) is 65.8 cm³/mol. The Bertz CT molecular complexity index is 483. The highest BCUT2D eigenvalue weighted by Gasteiger charge is 2.42. The van der Waals surface area contributed by atoms with Crippen molar-refractivity contribution in [2.45, 2.75) is 30.5 Å². The van der Waals surface area contributed by atoms with Gasteiger partial charge in [-0.25, -0.2) is 0 Å². The summed E-state index contributed by atoms with van der Waals surface area (Å²) < 4.78 is 5.48. The number of rotatable bonds is 1. The van der Waals surface area contributed by atoms with Gasteiger partial charge in [-0.05, 0) is 30.5 Å². The van der Waals surface area contributed by atoms with Crippen LogP contribution in [0, 0.1) is 11.3 Å². The summed E-state index contributed by atoms with van der Waals surface area (Å²) in [5, 5.41) is 23.3. The number of nitriles is 1. The number of ether oxygens (including phenoxy) is 1. The van der Waals surface area contributed by atoms with Crippen molar-refractivity contribution in [3.05, 3.63) is 35.4 Å². The monoisotopic (exact) mass is 244 g/mol. The van der Waals surface area contributed by atoms with E-state index in [1.165, 1.54) is 0 Å². The molecular formula is C14H16N2O2. The molecule has 2 heterocycles. The van der Waals surface area contributed by atoms with Gasteiger partial charge in [0.2, 0.25) is 0 Å². The first-order chi connectivity index (χ1) is 8.69. The summed E-state index contributed by atoms with van der Waals surface area (Å²) in [6.45, 7) is 1.30. The van der Waals surface area contributed by atoms with Gasteiger partial charge in [-0.2, -0.15) is 5.26 Å². The van der Waals surface area contributed by atoms with E-state index in [0.717, 1.165) is 5.56 Å². The molecule has 0 aromatic heterocycles. The average molecular weight is 244 g/mol. The van der Waals surface area contributed by atoms with Gasteiger partial charge in [-0.3, -0.25) is 0 Å². The summed E-state index contributed by atoms with van der Waals surface area (Å²) in [5.41, 5.74) is 0.609. The molecular weight excluding hydrogens is 228 g/mol. The second-order valence-electron chi connectivity index (χ2n) is 5.23. The molecule has 1 aromatic rings. The van der Waals surface area contributed by atoms with Crippen LogP contribution in [0.2, 0.25) is 0 Å². The molecule has 2 aliphatic rings. The van der Waals surface area contributed by atoms with Crippen LogP contribution in [0.5, 0.6) is 0 Å². The van der Waals surface area contributed by atoms with Gasteiger partial charge >= 0.3 is 0 Å². The number of aliphatic hydroxyl groups is 1. The maximum Gasteiger partial charge on any atom is 0.0991 e. The Kier molecular flexibility index (Phi) is 2.83. The average Bonchev–Trinajstić information content (AvgIpc) is 2.38. The summed E-state index contributed by atoms with van der Waals surface area (Å²) in [6.07, 6.45) is 1.27. The molecule has 0 amide bonds. The molecule has 3 rings (SSSR count). The Balaban J connectivity index is 1.92. The molecule has 0 spiro atoms. The minimum Gasteiger partial charge on any atom is -0.385 e. The predicted octanol–water partition coefficient (Wildman–Crippen LogP) is 0.897. The van der Waals surface area contributed by atoms with E-state index in [1.807, 2.05) is 12.1 Å². The maximum absolute atomic E-state index is 10.9. The Morgan fingerprint density at radius 3 is 2.72 bits per heavy atom. The molecule has 2 bridgehead atoms. The quantitative estimate of drug-likeness (QED) is 0.770. The van der Waals surface area contributed by atoms with Crippen molar-refractivity contribution in [3.63, 3.8) is 0 Å². The molecule has 2 atom stereocenters. The number of fused-ring (bicyclic) bond motifs is 2. The number of nitrogens with one attached hydrogen (secondary N) is 1. The van der Waals surface area contributed by atoms with Crippen LogP contribution in [0.3, 0.4) is 0 Å². The van der Waals surface area contributed by atoms with Gasteiger partial charge in [0.05, 0.1) is 30.4 Å². The van der Waals surface area contributed by atoms with Gasteiger partial charge in [0.15, 0.2) is 0 Å². The first kappa shape index (κ1) is 11.7. The number of nitrogens with zero attached hydrogens (tertiary/aromatic N) is 1. The first-order valence-corrected chi connectivity index (χ1v) is 6.26. The number of hydrogen-bond acceptors (Lipinski definition) is 4. The molecule has 0 saturated carbocycles. The number of piperidine rings is 1. The van der Waals surface area contributed by atoms with Crippen LogP contribution in [-0.2, 0) is 10.3 Å². The molecule has 94 valence electrons. The van der Waals surface area contributed by atoms with Crippen molar-refractivity contribution in [2.75, 3.05) is 13.2 Å². The van der Waals surface area contributed by atoms with Crippen molar-refractivity contribution in [3.8, 4) is 6.07 Å². The number of morpholine rings is 1. The highest BCUT2D eigenvalue weighted by molar-refractivity contribution is 5.36. The molecule has 2 aliphatic heterocycles. The van der Waals surface area contributed by atoms with E-state index < -0.39 is 5.60 Å². The van der Waals surface area contributed by atoms with E-state index >= 15 is 0 Å². The zero-order chi connectivity index (χ0) is 12.6. The zero-order valence-corrected chi connectivity index (χ0v) is 10.1. The molecule has 4 heteroatoms. The lowest BCUT2D eigenvalue weighted by Gasteiger charge is -2.45. The molecule has 4 nitrogen and oxygen atoms in total. The fraction of sp³-hybridized carbons (Fsp3) is 0.500. The minimum absolute atomic E-state index is 0.202. The highest BCUT2D eigenvalue weighted by atomic mass is 16.5. The van der Waals surface area contributed by atoms with Crippen molar-refractivity contribution in [2.24, 2.45) is 0 Å². The third-order valence-corrected chi connectivity index (χ3v) is 3.81. The molecule has 18 heavy (non-hydrogen) atoms. The van der Waals surface area contributed by atoms with E-state index in [-0.39, 0.29) is 12.1 Å². The van der Waals surface area contributed by atoms with Gasteiger partial charge in [0.1, 0.15) is 0 Å². The van der Waals surface area contributed by atoms with Gasteiger partial charge in [0.25, 0.3) is 0 Å². The van der Waals surface area contributed by atoms with E-state index in [9.17, 15) is 5.11 Å². The SMILES string of the molecule is N#Cc1cccc(C2(O)CC3COCC(C2)N3)c1. The standard InChI is InChI=1S/C14H16N2O2/c15-7-10-2-1-3-11(4-10)14(17)5-12-8-18-9-13(6-14)16-12/h1-4,12-13,16-17H,5-6,8-9H2. The molecule has 1 aromatic carbocycles. The summed E-state index contributed by atoms with van der Waals surface area (Å²) in [7, 11) is 0. The summed E-state index contributed by atoms with van der Waals surface area (Å²) in [4.78, 5) is 0. The Morgan fingerprint density at radius 2 is 2.06 bits per heavy atom. The molecule has 0 aliphatic carbocycles. The topological polar surface area (TPSA) is 65.3 Å². The van der Waals surface area contributed by atoms with Crippen LogP contribution < -0.4 is 5.32 Å². The Morgan fingerprint density at radius 1 is 1.33 bits per heavy atom. The van der Waals surface area contributed by atoms with Crippen LogP contribution in [0.1, 0.15) is 24.0 Å². The third-order valence-electron chi connectivity index (χ3n) is 3.81. The fourth-order valence-corrected chi connectivity index (χ4v) is 3.03. The lowest BCUT2D eigenvalue weighted by Crippen LogP contribution is -2.58. The summed E-state index contributed by atoms with van der Waals surface area (Å²) in [5.74, 6) is 0. The van der Waals surface area contributed by atoms with E-state index in [4.69, 9.17) is 10.00 Å². The van der Waals surface area contributed by atoms with Crippen molar-refractivity contribution < 1.29 is 9.84 Å². The fourth-order valence-electron chi connectivity index (χ4n) is 3.03. The lowest BCUT2D eigenvalue weighted by molar-refractivity contribution is -0.0802. The molecule has 2 saturated heterocycles. The summed E-state index contributed by atoms with van der Waals surface area (Å²) >= 11 is 0. The smallest absolute Gasteiger partial charge is 0.0991 e. The van der Waals surface area contributed by atoms with Crippen molar-refractivity contribution in [1.29, 1.82) is 5.26 Å². The van der Waals surface area contributed by atoms with Crippen LogP contribution in [0.15, 0.2) is 24.3 Å². The minimum atomic E-state index is -0.836. The van der Waals surface area contributed by atoms with Gasteiger partial charge in [-0.15, -0.1) is 0 Å². The van der Waals surface area contributed by atoms with Crippen LogP contribution >= 0.6 is 0 Å². The molecule has 2 N–H and O–H groups in total. The van der Waals surface area contributed by atoms with E-state index in [0.29, 0.717) is 31.6 Å². The molecule has 2 fully saturated rings. The Labute approximate surface area is 106 Å². The van der Waals surface area contributed by atoms with E-state index in [2.05, 4.69) is 11.4 Å². The van der Waals surface area contributed by atoms with Crippen LogP contribution in [-0.4, -0.2) is 30.4 Å². The third kappa shape index (κ3) is 2.01. The van der Waals surface area contributed by atoms with Gasteiger partial charge in [-0.1, -0.05) is 12.1 Å². The van der Waals surface area contributed by atoms with Gasteiger partial charge in [0, 0.05) is 12.1 Å². The number of benzene rings is 1. The molecule has 0 radical (unpaired) electrons. The Hall–Kier alpha value is -1.41. The second-order valence-corrected chi connectivity index (χ2v) is 5.23. The van der Waals surface area contributed by atoms with E-state index in [1.54, 1.807) is 12.1 Å². The normalized spacial score (nSPS) is 34.9. The van der Waals surface area contributed by atoms with Crippen molar-refractivity contribution >= 4 is 0 Å². The number of hydrogen-bond donors (Lipinski definition) is 2.